The normalized spacial score (nSPS) is 13.8. The summed E-state index contributed by atoms with van der Waals surface area (Å²) >= 11 is 3.42. The van der Waals surface area contributed by atoms with Gasteiger partial charge in [-0.2, -0.15) is 0 Å². The largest absolute Gasteiger partial charge is 0.349 e. The molecule has 0 bridgehead atoms. The average molecular weight is 439 g/mol. The van der Waals surface area contributed by atoms with Crippen LogP contribution in [0.2, 0.25) is 0 Å². The lowest BCUT2D eigenvalue weighted by Gasteiger charge is -2.03. The van der Waals surface area contributed by atoms with E-state index >= 15 is 0 Å². The fraction of sp³-hybridized carbons (Fsp3) is 0.190. The van der Waals surface area contributed by atoms with Gasteiger partial charge in [-0.15, -0.1) is 0 Å². The Kier molecular flexibility index (Phi) is 5.25. The molecular weight excluding hydrogens is 420 g/mol. The molecule has 6 nitrogen and oxygen atoms in total. The number of amides is 2. The first-order chi connectivity index (χ1) is 13.6. The first-order valence-electron chi connectivity index (χ1n) is 9.07. The van der Waals surface area contributed by atoms with Gasteiger partial charge in [0.15, 0.2) is 0 Å². The SMILES string of the molecule is O=C(C=Cc1ccc(C(=O)NC2CC2)cc1)NCc1cn2cc(Br)ccc2n1. The van der Waals surface area contributed by atoms with E-state index in [1.165, 1.54) is 6.08 Å². The molecule has 2 N–H and O–H groups in total. The second-order valence-electron chi connectivity index (χ2n) is 6.77. The molecule has 28 heavy (non-hydrogen) atoms. The van der Waals surface area contributed by atoms with Crippen LogP contribution in [0.25, 0.3) is 11.7 Å². The molecule has 7 heteroatoms. The molecule has 0 spiro atoms. The fourth-order valence-electron chi connectivity index (χ4n) is 2.75. The van der Waals surface area contributed by atoms with Crippen LogP contribution in [0.5, 0.6) is 0 Å². The molecule has 2 aromatic heterocycles. The van der Waals surface area contributed by atoms with E-state index in [2.05, 4.69) is 31.5 Å². The molecule has 1 saturated carbocycles. The molecule has 2 heterocycles. The number of hydrogen-bond donors (Lipinski definition) is 2. The number of carbonyl (C=O) groups is 2. The smallest absolute Gasteiger partial charge is 0.251 e. The van der Waals surface area contributed by atoms with Gasteiger partial charge in [0.2, 0.25) is 5.91 Å². The van der Waals surface area contributed by atoms with Crippen LogP contribution >= 0.6 is 15.9 Å². The van der Waals surface area contributed by atoms with Crippen LogP contribution in [0, 0.1) is 0 Å². The van der Waals surface area contributed by atoms with Crippen molar-refractivity contribution in [3.63, 3.8) is 0 Å². The molecule has 1 aliphatic rings. The average Bonchev–Trinajstić information content (AvgIpc) is 3.41. The van der Waals surface area contributed by atoms with Crippen molar-refractivity contribution in [3.05, 3.63) is 76.2 Å². The van der Waals surface area contributed by atoms with E-state index in [1.54, 1.807) is 18.2 Å². The number of nitrogens with zero attached hydrogens (tertiary/aromatic N) is 2. The van der Waals surface area contributed by atoms with E-state index < -0.39 is 0 Å². The molecule has 1 aliphatic carbocycles. The minimum Gasteiger partial charge on any atom is -0.349 e. The van der Waals surface area contributed by atoms with Crippen LogP contribution in [-0.2, 0) is 11.3 Å². The van der Waals surface area contributed by atoms with Gasteiger partial charge in [-0.05, 0) is 64.7 Å². The number of pyridine rings is 1. The lowest BCUT2D eigenvalue weighted by molar-refractivity contribution is -0.116. The van der Waals surface area contributed by atoms with Gasteiger partial charge < -0.3 is 15.0 Å². The Bertz CT molecular complexity index is 1050. The van der Waals surface area contributed by atoms with Crippen LogP contribution in [0.15, 0.2) is 59.3 Å². The van der Waals surface area contributed by atoms with E-state index in [-0.39, 0.29) is 11.8 Å². The Hall–Kier alpha value is -2.93. The van der Waals surface area contributed by atoms with E-state index in [0.29, 0.717) is 18.2 Å². The Morgan fingerprint density at radius 2 is 1.93 bits per heavy atom. The van der Waals surface area contributed by atoms with Crippen molar-refractivity contribution < 1.29 is 9.59 Å². The third kappa shape index (κ3) is 4.67. The number of benzene rings is 1. The Morgan fingerprint density at radius 3 is 2.68 bits per heavy atom. The molecule has 3 aromatic rings. The third-order valence-electron chi connectivity index (χ3n) is 4.42. The predicted molar refractivity (Wildman–Crippen MR) is 111 cm³/mol. The summed E-state index contributed by atoms with van der Waals surface area (Å²) in [6.45, 7) is 0.350. The number of imidazole rings is 1. The van der Waals surface area contributed by atoms with Crippen molar-refractivity contribution in [1.82, 2.24) is 20.0 Å². The molecule has 0 aliphatic heterocycles. The van der Waals surface area contributed by atoms with Crippen LogP contribution in [0.4, 0.5) is 0 Å². The van der Waals surface area contributed by atoms with Crippen molar-refractivity contribution in [3.8, 4) is 0 Å². The van der Waals surface area contributed by atoms with Crippen LogP contribution in [0.1, 0.15) is 34.5 Å². The highest BCUT2D eigenvalue weighted by Crippen LogP contribution is 2.19. The topological polar surface area (TPSA) is 75.5 Å². The lowest BCUT2D eigenvalue weighted by atomic mass is 10.1. The first-order valence-corrected chi connectivity index (χ1v) is 9.86. The van der Waals surface area contributed by atoms with Crippen molar-refractivity contribution in [2.75, 3.05) is 0 Å². The van der Waals surface area contributed by atoms with E-state index in [1.807, 2.05) is 41.1 Å². The molecule has 0 atom stereocenters. The van der Waals surface area contributed by atoms with Crippen LogP contribution in [0.3, 0.4) is 0 Å². The van der Waals surface area contributed by atoms with Gasteiger partial charge in [0, 0.05) is 34.5 Å². The van der Waals surface area contributed by atoms with Crippen molar-refractivity contribution in [2.24, 2.45) is 0 Å². The monoisotopic (exact) mass is 438 g/mol. The maximum Gasteiger partial charge on any atom is 0.251 e. The lowest BCUT2D eigenvalue weighted by Crippen LogP contribution is -2.25. The Labute approximate surface area is 170 Å². The Morgan fingerprint density at radius 1 is 1.14 bits per heavy atom. The molecule has 0 saturated heterocycles. The second kappa shape index (κ2) is 7.98. The number of fused-ring (bicyclic) bond motifs is 1. The number of nitrogens with one attached hydrogen (secondary N) is 2. The second-order valence-corrected chi connectivity index (χ2v) is 7.68. The van der Waals surface area contributed by atoms with Gasteiger partial charge in [0.05, 0.1) is 12.2 Å². The summed E-state index contributed by atoms with van der Waals surface area (Å²) in [6.07, 6.45) is 9.13. The van der Waals surface area contributed by atoms with Crippen LogP contribution < -0.4 is 10.6 Å². The van der Waals surface area contributed by atoms with Gasteiger partial charge >= 0.3 is 0 Å². The predicted octanol–water partition coefficient (Wildman–Crippen LogP) is 3.32. The standard InChI is InChI=1S/C21H19BrN4O2/c22-16-6-9-19-24-18(13-26(19)12-16)11-23-20(27)10-3-14-1-4-15(5-2-14)21(28)25-17-7-8-17/h1-6,9-10,12-13,17H,7-8,11H2,(H,23,27)(H,25,28). The van der Waals surface area contributed by atoms with Gasteiger partial charge in [0.1, 0.15) is 5.65 Å². The molecule has 0 unspecified atom stereocenters. The zero-order valence-corrected chi connectivity index (χ0v) is 16.6. The molecule has 2 amide bonds. The summed E-state index contributed by atoms with van der Waals surface area (Å²) in [5, 5.41) is 5.78. The summed E-state index contributed by atoms with van der Waals surface area (Å²) in [5.74, 6) is -0.246. The summed E-state index contributed by atoms with van der Waals surface area (Å²) in [5.41, 5.74) is 3.10. The number of rotatable bonds is 6. The molecule has 142 valence electrons. The zero-order valence-electron chi connectivity index (χ0n) is 15.1. The summed E-state index contributed by atoms with van der Waals surface area (Å²) in [7, 11) is 0. The van der Waals surface area contributed by atoms with Crippen LogP contribution in [-0.4, -0.2) is 27.2 Å². The number of aromatic nitrogens is 2. The number of carbonyl (C=O) groups excluding carboxylic acids is 2. The highest BCUT2D eigenvalue weighted by Gasteiger charge is 2.23. The molecule has 0 radical (unpaired) electrons. The molecule has 1 aromatic carbocycles. The van der Waals surface area contributed by atoms with Gasteiger partial charge in [-0.3, -0.25) is 9.59 Å². The van der Waals surface area contributed by atoms with Crippen molar-refractivity contribution >= 4 is 39.5 Å². The molecule has 4 rings (SSSR count). The maximum absolute atomic E-state index is 12.1. The minimum absolute atomic E-state index is 0.0461. The number of halogens is 1. The number of hydrogen-bond acceptors (Lipinski definition) is 3. The summed E-state index contributed by atoms with van der Waals surface area (Å²) in [4.78, 5) is 28.5. The highest BCUT2D eigenvalue weighted by molar-refractivity contribution is 9.10. The zero-order chi connectivity index (χ0) is 19.5. The van der Waals surface area contributed by atoms with E-state index in [9.17, 15) is 9.59 Å². The quantitative estimate of drug-likeness (QED) is 0.579. The summed E-state index contributed by atoms with van der Waals surface area (Å²) in [6, 6.07) is 11.4. The van der Waals surface area contributed by atoms with Crippen molar-refractivity contribution in [2.45, 2.75) is 25.4 Å². The third-order valence-corrected chi connectivity index (χ3v) is 4.89. The van der Waals surface area contributed by atoms with Gasteiger partial charge in [-0.1, -0.05) is 12.1 Å². The molecule has 1 fully saturated rings. The van der Waals surface area contributed by atoms with Gasteiger partial charge in [-0.25, -0.2) is 4.98 Å². The van der Waals surface area contributed by atoms with E-state index in [0.717, 1.165) is 34.2 Å². The Balaban J connectivity index is 1.31. The summed E-state index contributed by atoms with van der Waals surface area (Å²) < 4.78 is 2.87. The van der Waals surface area contributed by atoms with Crippen molar-refractivity contribution in [1.29, 1.82) is 0 Å². The fourth-order valence-corrected chi connectivity index (χ4v) is 3.11. The molecular formula is C21H19BrN4O2. The maximum atomic E-state index is 12.1. The first kappa shape index (κ1) is 18.4. The minimum atomic E-state index is -0.200. The highest BCUT2D eigenvalue weighted by atomic mass is 79.9. The van der Waals surface area contributed by atoms with E-state index in [4.69, 9.17) is 0 Å². The van der Waals surface area contributed by atoms with Gasteiger partial charge in [0.25, 0.3) is 5.91 Å².